The second kappa shape index (κ2) is 5.38. The van der Waals surface area contributed by atoms with Crippen LogP contribution in [0.1, 0.15) is 5.56 Å². The predicted molar refractivity (Wildman–Crippen MR) is 82.8 cm³/mol. The van der Waals surface area contributed by atoms with Crippen LogP contribution in [-0.4, -0.2) is 21.9 Å². The average Bonchev–Trinajstić information content (AvgIpc) is 2.82. The highest BCUT2D eigenvalue weighted by molar-refractivity contribution is 8.01. The van der Waals surface area contributed by atoms with Crippen molar-refractivity contribution in [2.75, 3.05) is 0 Å². The Morgan fingerprint density at radius 1 is 1.35 bits per heavy atom. The monoisotopic (exact) mass is 284 g/mol. The van der Waals surface area contributed by atoms with Crippen LogP contribution in [0.5, 0.6) is 0 Å². The van der Waals surface area contributed by atoms with Crippen molar-refractivity contribution in [3.8, 4) is 0 Å². The minimum absolute atomic E-state index is 0.252. The molecule has 2 aromatic rings. The van der Waals surface area contributed by atoms with Crippen molar-refractivity contribution in [3.05, 3.63) is 53.6 Å². The molecule has 0 unspecified atom stereocenters. The fourth-order valence-electron chi connectivity index (χ4n) is 2.28. The second-order valence-electron chi connectivity index (χ2n) is 4.33. The molecular formula is C15H12N2O2S. The number of para-hydroxylation sites is 1. The maximum atomic E-state index is 11.5. The van der Waals surface area contributed by atoms with Gasteiger partial charge in [-0.2, -0.15) is 0 Å². The molecule has 1 aliphatic rings. The number of carbonyl (C=O) groups is 1. The van der Waals surface area contributed by atoms with E-state index in [1.165, 1.54) is 18.2 Å². The fraction of sp³-hybridized carbons (Fsp3) is 0.0667. The molecule has 1 aliphatic heterocycles. The van der Waals surface area contributed by atoms with Crippen LogP contribution in [0.25, 0.3) is 16.5 Å². The number of aromatic nitrogens is 1. The highest BCUT2D eigenvalue weighted by Crippen LogP contribution is 2.27. The number of nitrogens with zero attached hydrogens (tertiary/aromatic N) is 2. The van der Waals surface area contributed by atoms with Crippen molar-refractivity contribution in [2.45, 2.75) is 6.54 Å². The molecule has 1 aromatic heterocycles. The van der Waals surface area contributed by atoms with Gasteiger partial charge in [-0.1, -0.05) is 24.3 Å². The van der Waals surface area contributed by atoms with Crippen LogP contribution in [-0.2, 0) is 11.3 Å². The SMILES string of the molecule is O=C(O)C1=CC=NSC=CCn2ccc3cccc1c32. The maximum Gasteiger partial charge on any atom is 0.336 e. The smallest absolute Gasteiger partial charge is 0.336 e. The summed E-state index contributed by atoms with van der Waals surface area (Å²) >= 11 is 1.28. The van der Waals surface area contributed by atoms with E-state index in [1.807, 2.05) is 46.5 Å². The largest absolute Gasteiger partial charge is 0.478 e. The molecule has 0 fully saturated rings. The Bertz CT molecular complexity index is 756. The first-order valence-electron chi connectivity index (χ1n) is 6.13. The topological polar surface area (TPSA) is 54.6 Å². The van der Waals surface area contributed by atoms with Crippen LogP contribution in [0.3, 0.4) is 0 Å². The second-order valence-corrected chi connectivity index (χ2v) is 5.02. The first kappa shape index (κ1) is 12.7. The normalized spacial score (nSPS) is 14.9. The van der Waals surface area contributed by atoms with Gasteiger partial charge >= 0.3 is 5.97 Å². The molecule has 1 aromatic carbocycles. The number of carboxylic acid groups (broad SMARTS) is 1. The Hall–Kier alpha value is -2.27. The number of benzene rings is 1. The van der Waals surface area contributed by atoms with Gasteiger partial charge in [-0.3, -0.25) is 0 Å². The number of aliphatic carboxylic acids is 1. The van der Waals surface area contributed by atoms with Crippen LogP contribution < -0.4 is 0 Å². The number of hydrogen-bond acceptors (Lipinski definition) is 3. The fourth-order valence-corrected chi connectivity index (χ4v) is 2.66. The van der Waals surface area contributed by atoms with Crippen LogP contribution in [0, 0.1) is 0 Å². The van der Waals surface area contributed by atoms with Gasteiger partial charge in [0.25, 0.3) is 0 Å². The lowest BCUT2D eigenvalue weighted by Crippen LogP contribution is -2.03. The molecule has 0 amide bonds. The van der Waals surface area contributed by atoms with Crippen molar-refractivity contribution in [1.82, 2.24) is 4.57 Å². The summed E-state index contributed by atoms with van der Waals surface area (Å²) in [5.41, 5.74) is 1.90. The molecular weight excluding hydrogens is 272 g/mol. The first-order valence-corrected chi connectivity index (χ1v) is 6.97. The van der Waals surface area contributed by atoms with Crippen LogP contribution in [0.4, 0.5) is 0 Å². The van der Waals surface area contributed by atoms with Crippen molar-refractivity contribution in [3.63, 3.8) is 0 Å². The molecule has 100 valence electrons. The summed E-state index contributed by atoms with van der Waals surface area (Å²) < 4.78 is 6.12. The highest BCUT2D eigenvalue weighted by atomic mass is 32.2. The van der Waals surface area contributed by atoms with Gasteiger partial charge in [-0.25, -0.2) is 9.19 Å². The number of hydrogen-bond donors (Lipinski definition) is 1. The molecule has 5 heteroatoms. The van der Waals surface area contributed by atoms with Crippen LogP contribution in [0.15, 0.2) is 52.4 Å². The summed E-state index contributed by atoms with van der Waals surface area (Å²) in [6, 6.07) is 7.70. The lowest BCUT2D eigenvalue weighted by molar-refractivity contribution is -0.130. The van der Waals surface area contributed by atoms with E-state index in [9.17, 15) is 9.90 Å². The zero-order chi connectivity index (χ0) is 13.9. The molecule has 4 nitrogen and oxygen atoms in total. The van der Waals surface area contributed by atoms with E-state index in [-0.39, 0.29) is 5.57 Å². The summed E-state index contributed by atoms with van der Waals surface area (Å²) in [5.74, 6) is -0.950. The number of carboxylic acids is 1. The van der Waals surface area contributed by atoms with Gasteiger partial charge in [0.1, 0.15) is 0 Å². The molecule has 2 heterocycles. The third-order valence-corrected chi connectivity index (χ3v) is 3.69. The zero-order valence-corrected chi connectivity index (χ0v) is 11.4. The Balaban J connectivity index is 2.31. The predicted octanol–water partition coefficient (Wildman–Crippen LogP) is 3.36. The molecule has 0 saturated heterocycles. The van der Waals surface area contributed by atoms with Crippen molar-refractivity contribution >= 4 is 40.6 Å². The molecule has 0 atom stereocenters. The lowest BCUT2D eigenvalue weighted by atomic mass is 10.0. The van der Waals surface area contributed by atoms with E-state index in [0.717, 1.165) is 10.9 Å². The molecule has 0 aliphatic carbocycles. The van der Waals surface area contributed by atoms with E-state index in [4.69, 9.17) is 0 Å². The third kappa shape index (κ3) is 2.28. The summed E-state index contributed by atoms with van der Waals surface area (Å²) in [4.78, 5) is 11.5. The van der Waals surface area contributed by atoms with Gasteiger partial charge in [0.15, 0.2) is 0 Å². The van der Waals surface area contributed by atoms with Gasteiger partial charge < -0.3 is 9.67 Å². The molecule has 0 bridgehead atoms. The minimum Gasteiger partial charge on any atom is -0.478 e. The highest BCUT2D eigenvalue weighted by Gasteiger charge is 2.15. The van der Waals surface area contributed by atoms with Crippen LogP contribution >= 0.6 is 11.9 Å². The Morgan fingerprint density at radius 2 is 2.25 bits per heavy atom. The summed E-state index contributed by atoms with van der Waals surface area (Å²) in [6.07, 6.45) is 7.04. The van der Waals surface area contributed by atoms with Gasteiger partial charge in [-0.15, -0.1) is 0 Å². The van der Waals surface area contributed by atoms with Crippen LogP contribution in [0.2, 0.25) is 0 Å². The maximum absolute atomic E-state index is 11.5. The number of allylic oxidation sites excluding steroid dienone is 2. The summed E-state index contributed by atoms with van der Waals surface area (Å²) in [5, 5.41) is 12.4. The summed E-state index contributed by atoms with van der Waals surface area (Å²) in [7, 11) is 0. The van der Waals surface area contributed by atoms with Crippen molar-refractivity contribution in [2.24, 2.45) is 4.40 Å². The van der Waals surface area contributed by atoms with Crippen molar-refractivity contribution < 1.29 is 9.90 Å². The Labute approximate surface area is 120 Å². The van der Waals surface area contributed by atoms with E-state index >= 15 is 0 Å². The standard InChI is InChI=1S/C15H12N2O2S/c18-15(19)13-5-7-16-20-10-2-8-17-9-6-11-3-1-4-12(13)14(11)17/h1-7,9-10H,8H2,(H,18,19). The van der Waals surface area contributed by atoms with Gasteiger partial charge in [-0.05, 0) is 17.6 Å². The minimum atomic E-state index is -0.950. The van der Waals surface area contributed by atoms with E-state index in [1.54, 1.807) is 6.08 Å². The van der Waals surface area contributed by atoms with Crippen molar-refractivity contribution in [1.29, 1.82) is 0 Å². The molecule has 20 heavy (non-hydrogen) atoms. The quantitative estimate of drug-likeness (QED) is 0.817. The van der Waals surface area contributed by atoms with E-state index in [2.05, 4.69) is 4.40 Å². The average molecular weight is 284 g/mol. The van der Waals surface area contributed by atoms with E-state index in [0.29, 0.717) is 12.1 Å². The zero-order valence-electron chi connectivity index (χ0n) is 10.6. The third-order valence-electron chi connectivity index (χ3n) is 3.13. The molecule has 0 saturated carbocycles. The Morgan fingerprint density at radius 3 is 3.10 bits per heavy atom. The molecule has 3 rings (SSSR count). The molecule has 0 radical (unpaired) electrons. The lowest BCUT2D eigenvalue weighted by Gasteiger charge is -2.08. The first-order chi connectivity index (χ1) is 9.77. The Kier molecular flexibility index (Phi) is 3.43. The number of rotatable bonds is 1. The summed E-state index contributed by atoms with van der Waals surface area (Å²) in [6.45, 7) is 0.690. The molecule has 1 N–H and O–H groups in total. The van der Waals surface area contributed by atoms with Gasteiger partial charge in [0.05, 0.1) is 11.1 Å². The van der Waals surface area contributed by atoms with Gasteiger partial charge in [0, 0.05) is 41.9 Å². The van der Waals surface area contributed by atoms with E-state index < -0.39 is 5.97 Å². The van der Waals surface area contributed by atoms with Gasteiger partial charge in [0.2, 0.25) is 0 Å². The molecule has 0 spiro atoms.